The second-order valence-corrected chi connectivity index (χ2v) is 5.79. The molecule has 0 bridgehead atoms. The van der Waals surface area contributed by atoms with E-state index >= 15 is 0 Å². The lowest BCUT2D eigenvalue weighted by Gasteiger charge is -2.20. The van der Waals surface area contributed by atoms with E-state index < -0.39 is 41.6 Å². The molecule has 0 aromatic heterocycles. The fourth-order valence-electron chi connectivity index (χ4n) is 1.90. The quantitative estimate of drug-likeness (QED) is 0.255. The molecule has 27 heavy (non-hydrogen) atoms. The number of nitrogens with zero attached hydrogens (tertiary/aromatic N) is 1. The summed E-state index contributed by atoms with van der Waals surface area (Å²) in [5, 5.41) is 18.2. The zero-order chi connectivity index (χ0) is 20.6. The maximum atomic E-state index is 11.8. The molecule has 3 N–H and O–H groups in total. The lowest BCUT2D eigenvalue weighted by Crippen LogP contribution is -2.46. The van der Waals surface area contributed by atoms with Gasteiger partial charge in [-0.15, -0.1) is 10.1 Å². The van der Waals surface area contributed by atoms with Gasteiger partial charge in [-0.25, -0.2) is 0 Å². The minimum absolute atomic E-state index is 0.0526. The molecule has 1 unspecified atom stereocenters. The summed E-state index contributed by atoms with van der Waals surface area (Å²) in [4.78, 5) is 48.6. The second-order valence-electron chi connectivity index (χ2n) is 5.79. The van der Waals surface area contributed by atoms with Crippen LogP contribution in [0.25, 0.3) is 0 Å². The molecule has 0 aliphatic rings. The summed E-state index contributed by atoms with van der Waals surface area (Å²) in [5.74, 6) is -2.85. The van der Waals surface area contributed by atoms with Gasteiger partial charge in [0.1, 0.15) is 12.1 Å². The van der Waals surface area contributed by atoms with E-state index in [1.54, 1.807) is 6.92 Å². The Hall–Kier alpha value is -3.21. The van der Waals surface area contributed by atoms with Gasteiger partial charge < -0.3 is 25.2 Å². The number of carbonyl (C=O) groups is 3. The number of carboxylic acids is 1. The van der Waals surface area contributed by atoms with Crippen LogP contribution in [0.5, 0.6) is 11.5 Å². The minimum Gasteiger partial charge on any atom is -0.480 e. The van der Waals surface area contributed by atoms with Crippen LogP contribution in [0.2, 0.25) is 0 Å². The van der Waals surface area contributed by atoms with Gasteiger partial charge in [0.25, 0.3) is 5.09 Å². The normalized spacial score (nSPS) is 12.6. The molecule has 0 fully saturated rings. The van der Waals surface area contributed by atoms with E-state index in [4.69, 9.17) is 20.3 Å². The number of aliphatic carboxylic acids is 1. The van der Waals surface area contributed by atoms with Crippen LogP contribution < -0.4 is 15.2 Å². The number of hydrogen-bond donors (Lipinski definition) is 2. The molecule has 0 aliphatic heterocycles. The first kappa shape index (κ1) is 21.8. The molecule has 0 saturated heterocycles. The van der Waals surface area contributed by atoms with Crippen molar-refractivity contribution in [2.45, 2.75) is 38.6 Å². The molecular weight excluding hydrogens is 364 g/mol. The monoisotopic (exact) mass is 384 g/mol. The number of hydrogen-bond acceptors (Lipinski definition) is 9. The lowest BCUT2D eigenvalue weighted by molar-refractivity contribution is -0.757. The average Bonchev–Trinajstić information content (AvgIpc) is 2.56. The number of carbonyl (C=O) groups excluding carboxylic acids is 2. The van der Waals surface area contributed by atoms with Gasteiger partial charge in [-0.05, 0) is 24.6 Å². The fraction of sp³-hybridized carbons (Fsp3) is 0.438. The van der Waals surface area contributed by atoms with E-state index in [2.05, 4.69) is 4.84 Å². The summed E-state index contributed by atoms with van der Waals surface area (Å²) in [5.41, 5.74) is 4.56. The Kier molecular flexibility index (Phi) is 7.66. The van der Waals surface area contributed by atoms with Crippen molar-refractivity contribution in [2.24, 2.45) is 5.73 Å². The van der Waals surface area contributed by atoms with Crippen molar-refractivity contribution >= 4 is 17.9 Å². The van der Waals surface area contributed by atoms with Crippen LogP contribution in [0.1, 0.15) is 32.3 Å². The highest BCUT2D eigenvalue weighted by Gasteiger charge is 2.28. The molecule has 11 nitrogen and oxygen atoms in total. The number of esters is 2. The van der Waals surface area contributed by atoms with Crippen LogP contribution in [0.15, 0.2) is 18.2 Å². The standard InChI is InChI=1S/C16H20N2O9/c1-3-13(19)26-11-5-4-10(9-16(2,17)15(21)22)8-12(11)27-14(20)6-7-25-18(23)24/h4-5,8H,3,6-7,9,17H2,1-2H3,(H,21,22). The molecule has 148 valence electrons. The first-order valence-electron chi connectivity index (χ1n) is 7.89. The van der Waals surface area contributed by atoms with Crippen molar-refractivity contribution < 1.29 is 38.9 Å². The SMILES string of the molecule is CCC(=O)Oc1ccc(CC(C)(N)C(=O)O)cc1OC(=O)CCO[N+](=O)[O-]. The van der Waals surface area contributed by atoms with Crippen LogP contribution in [0, 0.1) is 10.1 Å². The smallest absolute Gasteiger partial charge is 0.323 e. The van der Waals surface area contributed by atoms with Crippen molar-refractivity contribution in [3.63, 3.8) is 0 Å². The molecule has 1 aromatic rings. The Morgan fingerprint density at radius 3 is 2.41 bits per heavy atom. The Morgan fingerprint density at radius 1 is 1.22 bits per heavy atom. The van der Waals surface area contributed by atoms with Crippen LogP contribution in [0.3, 0.4) is 0 Å². The molecule has 0 heterocycles. The second kappa shape index (κ2) is 9.48. The molecule has 0 spiro atoms. The van der Waals surface area contributed by atoms with Gasteiger partial charge in [0.05, 0.1) is 6.42 Å². The number of rotatable bonds is 10. The summed E-state index contributed by atoms with van der Waals surface area (Å²) < 4.78 is 10.1. The topological polar surface area (TPSA) is 168 Å². The molecule has 11 heteroatoms. The summed E-state index contributed by atoms with van der Waals surface area (Å²) >= 11 is 0. The van der Waals surface area contributed by atoms with Gasteiger partial charge in [0.2, 0.25) is 0 Å². The molecule has 1 rings (SSSR count). The number of ether oxygens (including phenoxy) is 2. The average molecular weight is 384 g/mol. The number of nitrogens with two attached hydrogens (primary N) is 1. The van der Waals surface area contributed by atoms with E-state index in [0.29, 0.717) is 5.56 Å². The summed E-state index contributed by atoms with van der Waals surface area (Å²) in [6.45, 7) is 2.39. The molecule has 1 atom stereocenters. The van der Waals surface area contributed by atoms with Gasteiger partial charge >= 0.3 is 17.9 Å². The molecule has 1 aromatic carbocycles. The Morgan fingerprint density at radius 2 is 1.85 bits per heavy atom. The highest BCUT2D eigenvalue weighted by molar-refractivity contribution is 5.79. The highest BCUT2D eigenvalue weighted by atomic mass is 16.9. The largest absolute Gasteiger partial charge is 0.480 e. The van der Waals surface area contributed by atoms with E-state index in [-0.39, 0.29) is 24.3 Å². The van der Waals surface area contributed by atoms with Crippen LogP contribution in [0.4, 0.5) is 0 Å². The molecule has 0 amide bonds. The summed E-state index contributed by atoms with van der Waals surface area (Å²) in [6, 6.07) is 4.15. The molecule has 0 radical (unpaired) electrons. The maximum absolute atomic E-state index is 11.8. The summed E-state index contributed by atoms with van der Waals surface area (Å²) in [7, 11) is 0. The van der Waals surface area contributed by atoms with E-state index in [0.717, 1.165) is 0 Å². The van der Waals surface area contributed by atoms with E-state index in [1.807, 2.05) is 0 Å². The van der Waals surface area contributed by atoms with Crippen molar-refractivity contribution in [1.82, 2.24) is 0 Å². The van der Waals surface area contributed by atoms with E-state index in [1.165, 1.54) is 25.1 Å². The number of carboxylic acid groups (broad SMARTS) is 1. The first-order chi connectivity index (χ1) is 12.5. The van der Waals surface area contributed by atoms with Crippen molar-refractivity contribution in [1.29, 1.82) is 0 Å². The predicted octanol–water partition coefficient (Wildman–Crippen LogP) is 0.850. The fourth-order valence-corrected chi connectivity index (χ4v) is 1.90. The van der Waals surface area contributed by atoms with Gasteiger partial charge in [0.15, 0.2) is 11.5 Å². The maximum Gasteiger partial charge on any atom is 0.323 e. The first-order valence-corrected chi connectivity index (χ1v) is 7.89. The molecular formula is C16H20N2O9. The lowest BCUT2D eigenvalue weighted by atomic mass is 9.94. The highest BCUT2D eigenvalue weighted by Crippen LogP contribution is 2.30. The Balaban J connectivity index is 3.01. The van der Waals surface area contributed by atoms with Crippen molar-refractivity contribution in [2.75, 3.05) is 6.61 Å². The van der Waals surface area contributed by atoms with Gasteiger partial charge in [-0.1, -0.05) is 13.0 Å². The third-order valence-corrected chi connectivity index (χ3v) is 3.31. The van der Waals surface area contributed by atoms with Gasteiger partial charge in [-0.2, -0.15) is 0 Å². The van der Waals surface area contributed by atoms with Crippen molar-refractivity contribution in [3.05, 3.63) is 33.9 Å². The zero-order valence-corrected chi connectivity index (χ0v) is 14.8. The predicted molar refractivity (Wildman–Crippen MR) is 89.5 cm³/mol. The third-order valence-electron chi connectivity index (χ3n) is 3.31. The van der Waals surface area contributed by atoms with Crippen molar-refractivity contribution in [3.8, 4) is 11.5 Å². The Bertz CT molecular complexity index is 731. The van der Waals surface area contributed by atoms with Crippen LogP contribution >= 0.6 is 0 Å². The van der Waals surface area contributed by atoms with Crippen LogP contribution in [-0.4, -0.2) is 40.2 Å². The molecule has 0 aliphatic carbocycles. The van der Waals surface area contributed by atoms with E-state index in [9.17, 15) is 24.5 Å². The zero-order valence-electron chi connectivity index (χ0n) is 14.8. The molecule has 0 saturated carbocycles. The third kappa shape index (κ3) is 7.28. The minimum atomic E-state index is -1.57. The van der Waals surface area contributed by atoms with Gasteiger partial charge in [-0.3, -0.25) is 14.4 Å². The number of benzene rings is 1. The summed E-state index contributed by atoms with van der Waals surface area (Å²) in [6.07, 6.45) is -0.429. The Labute approximate surface area is 154 Å². The van der Waals surface area contributed by atoms with Gasteiger partial charge in [0, 0.05) is 12.8 Å². The van der Waals surface area contributed by atoms with Crippen LogP contribution in [-0.2, 0) is 25.6 Å².